The van der Waals surface area contributed by atoms with Crippen LogP contribution >= 0.6 is 0 Å². The Morgan fingerprint density at radius 2 is 0.750 bits per heavy atom. The molecule has 0 N–H and O–H groups in total. The Labute approximate surface area is 307 Å². The summed E-state index contributed by atoms with van der Waals surface area (Å²) in [5, 5.41) is 0. The van der Waals surface area contributed by atoms with Crippen molar-refractivity contribution >= 4 is 17.1 Å². The Hall–Kier alpha value is -6.44. The van der Waals surface area contributed by atoms with Gasteiger partial charge in [-0.05, 0) is 104 Å². The van der Waals surface area contributed by atoms with E-state index >= 15 is 0 Å². The van der Waals surface area contributed by atoms with Gasteiger partial charge in [0.15, 0.2) is 0 Å². The van der Waals surface area contributed by atoms with Crippen LogP contribution in [0.3, 0.4) is 0 Å². The predicted octanol–water partition coefficient (Wildman–Crippen LogP) is 14.1. The van der Waals surface area contributed by atoms with Crippen LogP contribution in [0.5, 0.6) is 0 Å². The number of rotatable bonds is 7. The zero-order valence-electron chi connectivity index (χ0n) is 29.5. The highest BCUT2D eigenvalue weighted by molar-refractivity contribution is 5.93. The van der Waals surface area contributed by atoms with E-state index in [-0.39, 0.29) is 5.41 Å². The van der Waals surface area contributed by atoms with Gasteiger partial charge in [-0.3, -0.25) is 0 Å². The first-order chi connectivity index (χ1) is 25.6. The average Bonchev–Trinajstić information content (AvgIpc) is 3.45. The number of fused-ring (bicyclic) bond motifs is 3. The van der Waals surface area contributed by atoms with E-state index in [1.54, 1.807) is 0 Å². The van der Waals surface area contributed by atoms with E-state index < -0.39 is 0 Å². The Balaban J connectivity index is 1.18. The van der Waals surface area contributed by atoms with E-state index in [0.29, 0.717) is 0 Å². The van der Waals surface area contributed by atoms with E-state index in [1.165, 1.54) is 66.8 Å². The lowest BCUT2D eigenvalue weighted by molar-refractivity contribution is 0.662. The topological polar surface area (TPSA) is 3.24 Å². The fraction of sp³-hybridized carbons (Fsp3) is 0.0588. The molecule has 0 bridgehead atoms. The molecule has 0 radical (unpaired) electrons. The van der Waals surface area contributed by atoms with Gasteiger partial charge < -0.3 is 4.90 Å². The number of nitrogens with zero attached hydrogens (tertiary/aromatic N) is 1. The van der Waals surface area contributed by atoms with Crippen LogP contribution in [0.25, 0.3) is 55.6 Å². The minimum atomic E-state index is -0.0950. The van der Waals surface area contributed by atoms with Crippen LogP contribution in [0.15, 0.2) is 200 Å². The maximum absolute atomic E-state index is 2.41. The summed E-state index contributed by atoms with van der Waals surface area (Å²) in [5.74, 6) is 0. The van der Waals surface area contributed by atoms with E-state index in [2.05, 4.69) is 219 Å². The normalized spacial score (nSPS) is 12.6. The van der Waals surface area contributed by atoms with Gasteiger partial charge >= 0.3 is 0 Å². The van der Waals surface area contributed by atoms with Gasteiger partial charge in [0.1, 0.15) is 0 Å². The van der Waals surface area contributed by atoms with Crippen molar-refractivity contribution < 1.29 is 0 Å². The number of benzene rings is 8. The van der Waals surface area contributed by atoms with Gasteiger partial charge in [-0.1, -0.05) is 172 Å². The molecule has 9 rings (SSSR count). The van der Waals surface area contributed by atoms with Crippen LogP contribution in [0.2, 0.25) is 0 Å². The van der Waals surface area contributed by atoms with Crippen molar-refractivity contribution in [3.63, 3.8) is 0 Å². The molecular formula is C51H39N. The molecule has 52 heavy (non-hydrogen) atoms. The van der Waals surface area contributed by atoms with Gasteiger partial charge in [0.25, 0.3) is 0 Å². The van der Waals surface area contributed by atoms with Gasteiger partial charge in [-0.2, -0.15) is 0 Å². The molecular weight excluding hydrogens is 627 g/mol. The Kier molecular flexibility index (Phi) is 7.90. The van der Waals surface area contributed by atoms with E-state index in [1.807, 2.05) is 0 Å². The molecule has 0 aromatic heterocycles. The standard InChI is InChI=1S/C51H39N/c1-51(2)48-24-14-12-23-45(48)47-35-41(34-46(50(47)51)40-20-10-5-11-21-40)38-28-32-43(33-29-38)52(42-30-26-37(27-31-42)36-16-6-3-7-17-36)49-25-15-13-22-44(49)39-18-8-4-9-19-39/h3-35H,1-2H3. The lowest BCUT2D eigenvalue weighted by Crippen LogP contribution is -2.16. The smallest absolute Gasteiger partial charge is 0.0540 e. The Morgan fingerprint density at radius 3 is 1.35 bits per heavy atom. The van der Waals surface area contributed by atoms with Crippen molar-refractivity contribution in [1.82, 2.24) is 0 Å². The molecule has 248 valence electrons. The zero-order valence-corrected chi connectivity index (χ0v) is 29.5. The fourth-order valence-corrected chi connectivity index (χ4v) is 8.13. The lowest BCUT2D eigenvalue weighted by atomic mass is 9.78. The minimum absolute atomic E-state index is 0.0950. The maximum atomic E-state index is 2.41. The molecule has 0 heterocycles. The quantitative estimate of drug-likeness (QED) is 0.164. The summed E-state index contributed by atoms with van der Waals surface area (Å²) in [6, 6.07) is 72.6. The van der Waals surface area contributed by atoms with Crippen LogP contribution in [-0.2, 0) is 5.41 Å². The third kappa shape index (κ3) is 5.52. The van der Waals surface area contributed by atoms with E-state index in [9.17, 15) is 0 Å². The van der Waals surface area contributed by atoms with Crippen LogP contribution in [-0.4, -0.2) is 0 Å². The maximum Gasteiger partial charge on any atom is 0.0540 e. The third-order valence-corrected chi connectivity index (χ3v) is 10.7. The van der Waals surface area contributed by atoms with Crippen molar-refractivity contribution in [3.05, 3.63) is 211 Å². The summed E-state index contributed by atoms with van der Waals surface area (Å²) < 4.78 is 0. The summed E-state index contributed by atoms with van der Waals surface area (Å²) in [6.07, 6.45) is 0. The summed E-state index contributed by atoms with van der Waals surface area (Å²) in [4.78, 5) is 2.39. The minimum Gasteiger partial charge on any atom is -0.310 e. The summed E-state index contributed by atoms with van der Waals surface area (Å²) >= 11 is 0. The van der Waals surface area contributed by atoms with Crippen LogP contribution in [0.4, 0.5) is 17.1 Å². The molecule has 1 aliphatic carbocycles. The zero-order chi connectivity index (χ0) is 35.1. The highest BCUT2D eigenvalue weighted by atomic mass is 15.1. The first kappa shape index (κ1) is 31.5. The summed E-state index contributed by atoms with van der Waals surface area (Å²) in [7, 11) is 0. The van der Waals surface area contributed by atoms with E-state index in [4.69, 9.17) is 0 Å². The van der Waals surface area contributed by atoms with E-state index in [0.717, 1.165) is 17.1 Å². The van der Waals surface area contributed by atoms with Gasteiger partial charge in [-0.15, -0.1) is 0 Å². The molecule has 0 spiro atoms. The monoisotopic (exact) mass is 665 g/mol. The molecule has 0 atom stereocenters. The van der Waals surface area contributed by atoms with Gasteiger partial charge in [-0.25, -0.2) is 0 Å². The van der Waals surface area contributed by atoms with Crippen LogP contribution < -0.4 is 4.90 Å². The molecule has 8 aromatic rings. The second-order valence-corrected chi connectivity index (χ2v) is 14.2. The Bertz CT molecular complexity index is 2500. The third-order valence-electron chi connectivity index (χ3n) is 10.7. The molecule has 0 saturated carbocycles. The van der Waals surface area contributed by atoms with Gasteiger partial charge in [0.2, 0.25) is 0 Å². The molecule has 0 saturated heterocycles. The van der Waals surface area contributed by atoms with Crippen molar-refractivity contribution in [1.29, 1.82) is 0 Å². The number of para-hydroxylation sites is 1. The first-order valence-electron chi connectivity index (χ1n) is 18.1. The summed E-state index contributed by atoms with van der Waals surface area (Å²) in [5.41, 5.74) is 18.5. The van der Waals surface area contributed by atoms with Crippen molar-refractivity contribution in [2.24, 2.45) is 0 Å². The largest absolute Gasteiger partial charge is 0.310 e. The first-order valence-corrected chi connectivity index (χ1v) is 18.1. The molecule has 1 aliphatic rings. The molecule has 0 amide bonds. The number of anilines is 3. The predicted molar refractivity (Wildman–Crippen MR) is 220 cm³/mol. The number of hydrogen-bond donors (Lipinski definition) is 0. The molecule has 0 aliphatic heterocycles. The fourth-order valence-electron chi connectivity index (χ4n) is 8.13. The van der Waals surface area contributed by atoms with Gasteiger partial charge in [0.05, 0.1) is 5.69 Å². The Morgan fingerprint density at radius 1 is 0.327 bits per heavy atom. The highest BCUT2D eigenvalue weighted by Crippen LogP contribution is 2.53. The second kappa shape index (κ2) is 13.0. The van der Waals surface area contributed by atoms with Crippen molar-refractivity contribution in [2.45, 2.75) is 19.3 Å². The average molecular weight is 666 g/mol. The molecule has 1 heteroatoms. The molecule has 1 nitrogen and oxygen atoms in total. The van der Waals surface area contributed by atoms with Gasteiger partial charge in [0, 0.05) is 22.4 Å². The summed E-state index contributed by atoms with van der Waals surface area (Å²) in [6.45, 7) is 4.74. The SMILES string of the molecule is CC1(C)c2ccccc2-c2cc(-c3ccc(N(c4ccc(-c5ccccc5)cc4)c4ccccc4-c4ccccc4)cc3)cc(-c3ccccc3)c21. The second-order valence-electron chi connectivity index (χ2n) is 14.2. The molecule has 8 aromatic carbocycles. The number of hydrogen-bond acceptors (Lipinski definition) is 1. The van der Waals surface area contributed by atoms with Crippen LogP contribution in [0, 0.1) is 0 Å². The van der Waals surface area contributed by atoms with Crippen molar-refractivity contribution in [2.75, 3.05) is 4.90 Å². The van der Waals surface area contributed by atoms with Crippen LogP contribution in [0.1, 0.15) is 25.0 Å². The molecule has 0 unspecified atom stereocenters. The highest BCUT2D eigenvalue weighted by Gasteiger charge is 2.37. The lowest BCUT2D eigenvalue weighted by Gasteiger charge is -2.28. The molecule has 0 fully saturated rings. The van der Waals surface area contributed by atoms with Crippen molar-refractivity contribution in [3.8, 4) is 55.6 Å².